The van der Waals surface area contributed by atoms with Gasteiger partial charge in [0.15, 0.2) is 17.3 Å². The molecule has 3 heterocycles. The van der Waals surface area contributed by atoms with Gasteiger partial charge in [-0.1, -0.05) is 48.5 Å². The molecule has 7 rings (SSSR count). The van der Waals surface area contributed by atoms with E-state index in [2.05, 4.69) is 0 Å². The number of fused-ring (bicyclic) bond motifs is 5. The predicted octanol–water partition coefficient (Wildman–Crippen LogP) is 5.09. The maximum Gasteiger partial charge on any atom is 0.187 e. The first-order chi connectivity index (χ1) is 18.6. The zero-order valence-corrected chi connectivity index (χ0v) is 20.4. The Morgan fingerprint density at radius 3 is 2.24 bits per heavy atom. The summed E-state index contributed by atoms with van der Waals surface area (Å²) in [6.45, 7) is 0. The molecule has 1 aliphatic carbocycles. The number of hydrazone groups is 1. The van der Waals surface area contributed by atoms with Crippen molar-refractivity contribution in [1.29, 1.82) is 0 Å². The summed E-state index contributed by atoms with van der Waals surface area (Å²) in [4.78, 5) is 43.4. The van der Waals surface area contributed by atoms with Gasteiger partial charge in [0.05, 0.1) is 31.5 Å². The van der Waals surface area contributed by atoms with Crippen molar-refractivity contribution in [3.63, 3.8) is 0 Å². The fraction of sp³-hybridized carbons (Fsp3) is 0.161. The zero-order chi connectivity index (χ0) is 26.0. The van der Waals surface area contributed by atoms with Gasteiger partial charge in [-0.2, -0.15) is 5.10 Å². The fourth-order valence-corrected chi connectivity index (χ4v) is 6.48. The zero-order valence-electron chi connectivity index (χ0n) is 20.4. The van der Waals surface area contributed by atoms with Crippen LogP contribution in [0.1, 0.15) is 59.9 Å². The fourth-order valence-electron chi connectivity index (χ4n) is 6.48. The summed E-state index contributed by atoms with van der Waals surface area (Å²) in [6, 6.07) is 23.0. The summed E-state index contributed by atoms with van der Waals surface area (Å²) in [7, 11) is 1.56. The highest BCUT2D eigenvalue weighted by Crippen LogP contribution is 2.64. The average Bonchev–Trinajstić information content (AvgIpc) is 3.66. The van der Waals surface area contributed by atoms with Gasteiger partial charge in [0, 0.05) is 16.7 Å². The third-order valence-electron chi connectivity index (χ3n) is 8.07. The van der Waals surface area contributed by atoms with Crippen molar-refractivity contribution in [2.24, 2.45) is 10.5 Å². The second-order valence-electron chi connectivity index (χ2n) is 9.76. The lowest BCUT2D eigenvalue weighted by Crippen LogP contribution is -2.43. The van der Waals surface area contributed by atoms with Gasteiger partial charge in [0.1, 0.15) is 23.0 Å². The SMILES string of the molecule is COc1ccc(C(=O)[C@@H]2[C@H](c3ccco3)C3(C(=O)c4ccccc4C3=O)[C@H]3c4ccccc4C=NN23)cc1. The second-order valence-corrected chi connectivity index (χ2v) is 9.76. The summed E-state index contributed by atoms with van der Waals surface area (Å²) in [5.41, 5.74) is 1.09. The van der Waals surface area contributed by atoms with E-state index in [-0.39, 0.29) is 17.3 Å². The molecule has 0 amide bonds. The summed E-state index contributed by atoms with van der Waals surface area (Å²) < 4.78 is 11.2. The molecule has 1 saturated heterocycles. The predicted molar refractivity (Wildman–Crippen MR) is 139 cm³/mol. The smallest absolute Gasteiger partial charge is 0.187 e. The van der Waals surface area contributed by atoms with Gasteiger partial charge in [0.25, 0.3) is 0 Å². The third-order valence-corrected chi connectivity index (χ3v) is 8.07. The van der Waals surface area contributed by atoms with Gasteiger partial charge in [0.2, 0.25) is 0 Å². The monoisotopic (exact) mass is 502 g/mol. The van der Waals surface area contributed by atoms with Crippen molar-refractivity contribution in [2.75, 3.05) is 7.11 Å². The first kappa shape index (κ1) is 22.4. The van der Waals surface area contributed by atoms with Gasteiger partial charge in [-0.15, -0.1) is 0 Å². The Hall–Kier alpha value is -4.78. The Bertz CT molecular complexity index is 1600. The Morgan fingerprint density at radius 1 is 0.895 bits per heavy atom. The molecule has 0 unspecified atom stereocenters. The van der Waals surface area contributed by atoms with E-state index in [9.17, 15) is 14.4 Å². The van der Waals surface area contributed by atoms with Crippen molar-refractivity contribution < 1.29 is 23.5 Å². The summed E-state index contributed by atoms with van der Waals surface area (Å²) in [5.74, 6) is -0.783. The summed E-state index contributed by atoms with van der Waals surface area (Å²) >= 11 is 0. The largest absolute Gasteiger partial charge is 0.497 e. The van der Waals surface area contributed by atoms with Gasteiger partial charge in [-0.3, -0.25) is 19.4 Å². The number of methoxy groups -OCH3 is 1. The number of carbonyl (C=O) groups is 3. The van der Waals surface area contributed by atoms with E-state index in [4.69, 9.17) is 14.3 Å². The third kappa shape index (κ3) is 2.78. The molecule has 0 bridgehead atoms. The van der Waals surface area contributed by atoms with Crippen LogP contribution in [-0.2, 0) is 0 Å². The van der Waals surface area contributed by atoms with Crippen LogP contribution in [0, 0.1) is 5.41 Å². The van der Waals surface area contributed by atoms with Crippen LogP contribution < -0.4 is 4.74 Å². The van der Waals surface area contributed by atoms with E-state index >= 15 is 0 Å². The Balaban J connectivity index is 1.51. The van der Waals surface area contributed by atoms with Crippen LogP contribution in [0.15, 0.2) is 101 Å². The van der Waals surface area contributed by atoms with E-state index in [0.29, 0.717) is 28.2 Å². The number of carbonyl (C=O) groups excluding carboxylic acids is 3. The molecule has 38 heavy (non-hydrogen) atoms. The molecule has 0 saturated carbocycles. The molecule has 0 N–H and O–H groups in total. The van der Waals surface area contributed by atoms with Gasteiger partial charge in [-0.05, 0) is 47.5 Å². The Morgan fingerprint density at radius 2 is 1.58 bits per heavy atom. The van der Waals surface area contributed by atoms with Crippen molar-refractivity contribution >= 4 is 23.6 Å². The molecule has 3 aromatic carbocycles. The normalized spacial score (nSPS) is 22.3. The van der Waals surface area contributed by atoms with Crippen molar-refractivity contribution in [2.45, 2.75) is 18.0 Å². The molecule has 1 fully saturated rings. The highest BCUT2D eigenvalue weighted by Gasteiger charge is 2.73. The number of benzene rings is 3. The molecule has 1 aromatic heterocycles. The van der Waals surface area contributed by atoms with Crippen LogP contribution in [0.5, 0.6) is 5.75 Å². The lowest BCUT2D eigenvalue weighted by Gasteiger charge is -2.36. The van der Waals surface area contributed by atoms with E-state index in [1.54, 1.807) is 79.0 Å². The molecular weight excluding hydrogens is 480 g/mol. The molecular formula is C31H22N2O5. The number of hydrogen-bond donors (Lipinski definition) is 0. The van der Waals surface area contributed by atoms with E-state index in [0.717, 1.165) is 11.1 Å². The van der Waals surface area contributed by atoms with Crippen molar-refractivity contribution in [1.82, 2.24) is 5.01 Å². The maximum absolute atomic E-state index is 14.5. The van der Waals surface area contributed by atoms with Crippen LogP contribution >= 0.6 is 0 Å². The van der Waals surface area contributed by atoms with Crippen LogP contribution in [0.2, 0.25) is 0 Å². The minimum atomic E-state index is -1.64. The minimum absolute atomic E-state index is 0.260. The van der Waals surface area contributed by atoms with Gasteiger partial charge >= 0.3 is 0 Å². The lowest BCUT2D eigenvalue weighted by molar-refractivity contribution is 0.0579. The first-order valence-electron chi connectivity index (χ1n) is 12.4. The van der Waals surface area contributed by atoms with E-state index in [1.165, 1.54) is 6.26 Å². The molecule has 4 aromatic rings. The van der Waals surface area contributed by atoms with Crippen molar-refractivity contribution in [3.8, 4) is 5.75 Å². The van der Waals surface area contributed by atoms with Crippen LogP contribution in [0.4, 0.5) is 0 Å². The van der Waals surface area contributed by atoms with Gasteiger partial charge in [-0.25, -0.2) is 0 Å². The number of ketones is 3. The topological polar surface area (TPSA) is 89.2 Å². The molecule has 7 nitrogen and oxygen atoms in total. The molecule has 2 aliphatic heterocycles. The molecule has 7 heteroatoms. The number of furan rings is 1. The highest BCUT2D eigenvalue weighted by atomic mass is 16.5. The van der Waals surface area contributed by atoms with Crippen LogP contribution in [0.25, 0.3) is 0 Å². The standard InChI is InChI=1S/C31H22N2O5/c1-37-20-14-12-18(13-15-20)27(34)26-25(24-11-6-16-38-24)31(29(35)22-9-4-5-10-23(22)30(31)36)28-21-8-3-2-7-19(21)17-32-33(26)28/h2-17,25-26,28H,1H3/t25-,26-,28+/m0/s1. The maximum atomic E-state index is 14.5. The number of Topliss-reactive ketones (excluding diaryl/α,β-unsaturated/α-hetero) is 3. The average molecular weight is 503 g/mol. The lowest BCUT2D eigenvalue weighted by atomic mass is 9.64. The molecule has 186 valence electrons. The minimum Gasteiger partial charge on any atom is -0.497 e. The quantitative estimate of drug-likeness (QED) is 0.285. The number of rotatable bonds is 4. The number of nitrogens with zero attached hydrogens (tertiary/aromatic N) is 2. The molecule has 3 atom stereocenters. The molecule has 3 aliphatic rings. The van der Waals surface area contributed by atoms with E-state index < -0.39 is 23.4 Å². The van der Waals surface area contributed by atoms with Crippen molar-refractivity contribution in [3.05, 3.63) is 125 Å². The second kappa shape index (κ2) is 8.11. The molecule has 0 radical (unpaired) electrons. The summed E-state index contributed by atoms with van der Waals surface area (Å²) in [6.07, 6.45) is 3.19. The number of ether oxygens (including phenoxy) is 1. The van der Waals surface area contributed by atoms with E-state index in [1.807, 2.05) is 24.3 Å². The van der Waals surface area contributed by atoms with Crippen LogP contribution in [0.3, 0.4) is 0 Å². The van der Waals surface area contributed by atoms with Crippen LogP contribution in [-0.4, -0.2) is 41.7 Å². The molecule has 1 spiro atoms. The first-order valence-corrected chi connectivity index (χ1v) is 12.4. The Kier molecular flexibility index (Phi) is 4.79. The Labute approximate surface area is 218 Å². The van der Waals surface area contributed by atoms with Gasteiger partial charge < -0.3 is 9.15 Å². The number of hydrogen-bond acceptors (Lipinski definition) is 7. The highest BCUT2D eigenvalue weighted by molar-refractivity contribution is 6.31. The summed E-state index contributed by atoms with van der Waals surface area (Å²) in [5, 5.41) is 6.38.